The van der Waals surface area contributed by atoms with Crippen molar-refractivity contribution >= 4 is 36.8 Å². The molecule has 2 aromatic rings. The van der Waals surface area contributed by atoms with Crippen LogP contribution in [-0.2, 0) is 9.47 Å². The van der Waals surface area contributed by atoms with Gasteiger partial charge in [0.25, 0.3) is 5.34 Å². The van der Waals surface area contributed by atoms with E-state index in [0.29, 0.717) is 30.3 Å². The van der Waals surface area contributed by atoms with Crippen LogP contribution in [0.5, 0.6) is 0 Å². The standard InChI is InChI=1S/C19H25ClF3N4O5P/c20-17-25-15(24-11-3-1-2-4-11)13-7-8-27(16(13)26-17)14-6-5-12(32-14)9-31-18(10-28,33(29)30)19(21,22)23/h7-8,11-12,14,28-30H,1-6,9-10H2,(H,24,25,26). The molecule has 0 amide bonds. The number of halogens is 4. The van der Waals surface area contributed by atoms with E-state index < -0.39 is 45.4 Å². The highest BCUT2D eigenvalue weighted by molar-refractivity contribution is 7.46. The first-order valence-corrected chi connectivity index (χ1v) is 12.2. The molecule has 33 heavy (non-hydrogen) atoms. The zero-order chi connectivity index (χ0) is 23.8. The molecule has 4 N–H and O–H groups in total. The van der Waals surface area contributed by atoms with E-state index in [1.54, 1.807) is 10.8 Å². The lowest BCUT2D eigenvalue weighted by Crippen LogP contribution is -2.50. The topological polar surface area (TPSA) is 122 Å². The third-order valence-electron chi connectivity index (χ3n) is 6.12. The molecule has 1 saturated heterocycles. The first-order chi connectivity index (χ1) is 15.6. The van der Waals surface area contributed by atoms with Crippen LogP contribution in [0.15, 0.2) is 12.3 Å². The summed E-state index contributed by atoms with van der Waals surface area (Å²) in [4.78, 5) is 27.2. The normalized spacial score (nSPS) is 24.1. The Morgan fingerprint density at radius 3 is 2.58 bits per heavy atom. The minimum Gasteiger partial charge on any atom is -0.392 e. The van der Waals surface area contributed by atoms with E-state index in [2.05, 4.69) is 15.3 Å². The molecule has 2 aromatic heterocycles. The zero-order valence-electron chi connectivity index (χ0n) is 17.5. The SMILES string of the molecule is OCC(OCC1CCC(n2ccc3c(NC4CCCC4)nc(Cl)nc32)O1)(P(O)O)C(F)(F)F. The first-order valence-electron chi connectivity index (χ1n) is 10.6. The van der Waals surface area contributed by atoms with Crippen molar-refractivity contribution in [1.82, 2.24) is 14.5 Å². The number of hydrogen-bond donors (Lipinski definition) is 4. The first kappa shape index (κ1) is 24.8. The molecule has 1 aliphatic heterocycles. The Morgan fingerprint density at radius 1 is 1.21 bits per heavy atom. The highest BCUT2D eigenvalue weighted by Crippen LogP contribution is 2.53. The lowest BCUT2D eigenvalue weighted by molar-refractivity contribution is -0.260. The number of aliphatic hydroxyl groups excluding tert-OH is 1. The Labute approximate surface area is 193 Å². The number of anilines is 1. The van der Waals surface area contributed by atoms with Crippen LogP contribution in [0, 0.1) is 0 Å². The number of aliphatic hydroxyl groups is 1. The van der Waals surface area contributed by atoms with Gasteiger partial charge in [-0.1, -0.05) is 12.8 Å². The molecular formula is C19H25ClF3N4O5P. The number of aromatic nitrogens is 3. The maximum atomic E-state index is 13.3. The largest absolute Gasteiger partial charge is 0.428 e. The lowest BCUT2D eigenvalue weighted by Gasteiger charge is -2.34. The van der Waals surface area contributed by atoms with Crippen molar-refractivity contribution in [3.8, 4) is 0 Å². The smallest absolute Gasteiger partial charge is 0.392 e. The summed E-state index contributed by atoms with van der Waals surface area (Å²) in [6, 6.07) is 2.15. The summed E-state index contributed by atoms with van der Waals surface area (Å²) in [5.41, 5.74) is 0.538. The summed E-state index contributed by atoms with van der Waals surface area (Å²) >= 11 is 6.15. The van der Waals surface area contributed by atoms with Crippen LogP contribution in [0.1, 0.15) is 44.8 Å². The van der Waals surface area contributed by atoms with Crippen LogP contribution in [0.4, 0.5) is 19.0 Å². The number of nitrogens with one attached hydrogen (secondary N) is 1. The zero-order valence-corrected chi connectivity index (χ0v) is 19.2. The van der Waals surface area contributed by atoms with E-state index in [4.69, 9.17) is 21.1 Å². The second kappa shape index (κ2) is 9.77. The molecule has 0 spiro atoms. The third kappa shape index (κ3) is 4.93. The van der Waals surface area contributed by atoms with Crippen molar-refractivity contribution in [2.75, 3.05) is 18.5 Å². The van der Waals surface area contributed by atoms with Gasteiger partial charge in [-0.25, -0.2) is 4.98 Å². The fraction of sp³-hybridized carbons (Fsp3) is 0.684. The summed E-state index contributed by atoms with van der Waals surface area (Å²) in [7, 11) is -3.64. The molecule has 2 fully saturated rings. The van der Waals surface area contributed by atoms with Gasteiger partial charge in [-0.2, -0.15) is 18.2 Å². The molecule has 3 atom stereocenters. The number of alkyl halides is 3. The summed E-state index contributed by atoms with van der Waals surface area (Å²) in [6.45, 7) is -2.18. The molecule has 3 heterocycles. The lowest BCUT2D eigenvalue weighted by atomic mass is 10.2. The molecule has 1 saturated carbocycles. The second-order valence-electron chi connectivity index (χ2n) is 8.26. The van der Waals surface area contributed by atoms with Crippen molar-refractivity contribution in [3.63, 3.8) is 0 Å². The van der Waals surface area contributed by atoms with Gasteiger partial charge in [0.15, 0.2) is 0 Å². The quantitative estimate of drug-likeness (QED) is 0.312. The van der Waals surface area contributed by atoms with Crippen LogP contribution < -0.4 is 5.32 Å². The van der Waals surface area contributed by atoms with E-state index in [0.717, 1.165) is 31.1 Å². The molecule has 1 aliphatic carbocycles. The second-order valence-corrected chi connectivity index (χ2v) is 9.90. The van der Waals surface area contributed by atoms with Gasteiger partial charge in [0.2, 0.25) is 13.7 Å². The van der Waals surface area contributed by atoms with E-state index >= 15 is 0 Å². The van der Waals surface area contributed by atoms with Gasteiger partial charge in [0.05, 0.1) is 24.7 Å². The van der Waals surface area contributed by atoms with Crippen LogP contribution in [0.25, 0.3) is 11.0 Å². The molecule has 4 rings (SSSR count). The minimum absolute atomic E-state index is 0.0676. The summed E-state index contributed by atoms with van der Waals surface area (Å²) in [6.07, 6.45) is 0.564. The van der Waals surface area contributed by atoms with E-state index in [1.807, 2.05) is 6.07 Å². The van der Waals surface area contributed by atoms with Gasteiger partial charge >= 0.3 is 6.18 Å². The van der Waals surface area contributed by atoms with Crippen molar-refractivity contribution in [2.45, 2.75) is 68.4 Å². The van der Waals surface area contributed by atoms with Crippen LogP contribution in [0.2, 0.25) is 5.28 Å². The van der Waals surface area contributed by atoms with Gasteiger partial charge in [0.1, 0.15) is 17.7 Å². The van der Waals surface area contributed by atoms with Gasteiger partial charge in [-0.05, 0) is 43.4 Å². The van der Waals surface area contributed by atoms with Crippen LogP contribution in [-0.4, -0.2) is 66.3 Å². The molecule has 184 valence electrons. The molecule has 0 bridgehead atoms. The van der Waals surface area contributed by atoms with Crippen molar-refractivity contribution in [3.05, 3.63) is 17.5 Å². The highest BCUT2D eigenvalue weighted by Gasteiger charge is 2.62. The Bertz CT molecular complexity index is 975. The average Bonchev–Trinajstić information content (AvgIpc) is 3.48. The molecule has 3 unspecified atom stereocenters. The highest BCUT2D eigenvalue weighted by atomic mass is 35.5. The van der Waals surface area contributed by atoms with Gasteiger partial charge in [0, 0.05) is 12.2 Å². The molecule has 0 radical (unpaired) electrons. The predicted molar refractivity (Wildman–Crippen MR) is 115 cm³/mol. The molecular weight excluding hydrogens is 488 g/mol. The molecule has 0 aromatic carbocycles. The van der Waals surface area contributed by atoms with E-state index in [9.17, 15) is 28.1 Å². The molecule has 14 heteroatoms. The number of ether oxygens (including phenoxy) is 2. The van der Waals surface area contributed by atoms with E-state index in [1.165, 1.54) is 0 Å². The molecule has 9 nitrogen and oxygen atoms in total. The maximum absolute atomic E-state index is 13.3. The van der Waals surface area contributed by atoms with Gasteiger partial charge in [-0.3, -0.25) is 0 Å². The monoisotopic (exact) mass is 512 g/mol. The summed E-state index contributed by atoms with van der Waals surface area (Å²) < 4.78 is 52.4. The van der Waals surface area contributed by atoms with E-state index in [-0.39, 0.29) is 5.28 Å². The number of hydrogen-bond acceptors (Lipinski definition) is 8. The Hall–Kier alpha value is -1.27. The van der Waals surface area contributed by atoms with Gasteiger partial charge in [-0.15, -0.1) is 0 Å². The Morgan fingerprint density at radius 2 is 1.94 bits per heavy atom. The Kier molecular flexibility index (Phi) is 7.35. The number of nitrogens with zero attached hydrogens (tertiary/aromatic N) is 3. The Balaban J connectivity index is 1.48. The van der Waals surface area contributed by atoms with Crippen molar-refractivity contribution in [1.29, 1.82) is 0 Å². The third-order valence-corrected chi connectivity index (χ3v) is 7.46. The number of rotatable bonds is 8. The number of fused-ring (bicyclic) bond motifs is 1. The maximum Gasteiger partial charge on any atom is 0.428 e. The van der Waals surface area contributed by atoms with Crippen LogP contribution in [0.3, 0.4) is 0 Å². The predicted octanol–water partition coefficient (Wildman–Crippen LogP) is 3.68. The van der Waals surface area contributed by atoms with Gasteiger partial charge < -0.3 is 34.3 Å². The fourth-order valence-electron chi connectivity index (χ4n) is 4.31. The molecule has 2 aliphatic rings. The summed E-state index contributed by atoms with van der Waals surface area (Å²) in [5, 5.41) is 10.0. The van der Waals surface area contributed by atoms with Crippen molar-refractivity contribution < 1.29 is 37.5 Å². The average molecular weight is 513 g/mol. The fourth-order valence-corrected chi connectivity index (χ4v) is 5.02. The van der Waals surface area contributed by atoms with Crippen LogP contribution >= 0.6 is 20.0 Å². The summed E-state index contributed by atoms with van der Waals surface area (Å²) in [5.74, 6) is 0.630. The van der Waals surface area contributed by atoms with Crippen molar-refractivity contribution in [2.24, 2.45) is 0 Å². The minimum atomic E-state index is -5.16.